The summed E-state index contributed by atoms with van der Waals surface area (Å²) >= 11 is 1.69. The lowest BCUT2D eigenvalue weighted by molar-refractivity contribution is 0.0732. The van der Waals surface area contributed by atoms with Crippen molar-refractivity contribution in [1.29, 1.82) is 0 Å². The number of hydrogen-bond acceptors (Lipinski definition) is 5. The Balaban J connectivity index is 1.61. The van der Waals surface area contributed by atoms with Crippen LogP contribution in [0.25, 0.3) is 10.4 Å². The zero-order valence-corrected chi connectivity index (χ0v) is 13.2. The molecular weight excluding hydrogens is 284 g/mol. The van der Waals surface area contributed by atoms with Crippen LogP contribution in [-0.4, -0.2) is 37.5 Å². The Hall–Kier alpha value is -1.27. The first-order valence-electron chi connectivity index (χ1n) is 7.11. The Morgan fingerprint density at radius 3 is 2.81 bits per heavy atom. The molecule has 1 saturated heterocycles. The predicted octanol–water partition coefficient (Wildman–Crippen LogP) is 2.62. The molecule has 0 bridgehead atoms. The fraction of sp³-hybridized carbons (Fsp3) is 0.438. The highest BCUT2D eigenvalue weighted by atomic mass is 32.1. The number of ether oxygens (including phenoxy) is 2. The minimum atomic E-state index is 0.157. The zero-order valence-electron chi connectivity index (χ0n) is 12.3. The monoisotopic (exact) mass is 304 g/mol. The summed E-state index contributed by atoms with van der Waals surface area (Å²) in [7, 11) is 1.74. The standard InChI is InChI=1S/C16H20N2O2S/c1-11-16(21-10-18-11)13-5-3-12(4-6-13)7-17-14-8-20-9-15(14)19-2/h3-6,10,14-15,17H,7-9H2,1-2H3/t14-,15+/m0/s1. The van der Waals surface area contributed by atoms with Crippen LogP contribution in [0.1, 0.15) is 11.3 Å². The lowest BCUT2D eigenvalue weighted by Crippen LogP contribution is -2.39. The van der Waals surface area contributed by atoms with Crippen molar-refractivity contribution in [2.45, 2.75) is 25.6 Å². The van der Waals surface area contributed by atoms with E-state index in [4.69, 9.17) is 9.47 Å². The number of nitrogens with one attached hydrogen (secondary N) is 1. The van der Waals surface area contributed by atoms with E-state index in [-0.39, 0.29) is 12.1 Å². The molecular formula is C16H20N2O2S. The number of nitrogens with zero attached hydrogens (tertiary/aromatic N) is 1. The van der Waals surface area contributed by atoms with E-state index < -0.39 is 0 Å². The number of rotatable bonds is 5. The number of hydrogen-bond donors (Lipinski definition) is 1. The van der Waals surface area contributed by atoms with Gasteiger partial charge in [0, 0.05) is 13.7 Å². The minimum Gasteiger partial charge on any atom is -0.377 e. The van der Waals surface area contributed by atoms with Crippen LogP contribution in [0.2, 0.25) is 0 Å². The topological polar surface area (TPSA) is 43.4 Å². The van der Waals surface area contributed by atoms with Gasteiger partial charge < -0.3 is 14.8 Å². The van der Waals surface area contributed by atoms with Gasteiger partial charge in [-0.1, -0.05) is 24.3 Å². The first-order valence-corrected chi connectivity index (χ1v) is 7.99. The van der Waals surface area contributed by atoms with E-state index in [9.17, 15) is 0 Å². The molecule has 112 valence electrons. The van der Waals surface area contributed by atoms with Crippen molar-refractivity contribution in [2.24, 2.45) is 0 Å². The van der Waals surface area contributed by atoms with Crippen molar-refractivity contribution in [3.8, 4) is 10.4 Å². The van der Waals surface area contributed by atoms with Crippen LogP contribution in [0.5, 0.6) is 0 Å². The van der Waals surface area contributed by atoms with Gasteiger partial charge in [-0.25, -0.2) is 4.98 Å². The van der Waals surface area contributed by atoms with Crippen LogP contribution in [0.3, 0.4) is 0 Å². The summed E-state index contributed by atoms with van der Waals surface area (Å²) in [5, 5.41) is 3.50. The average Bonchev–Trinajstić information content (AvgIpc) is 3.14. The van der Waals surface area contributed by atoms with E-state index in [0.29, 0.717) is 6.61 Å². The van der Waals surface area contributed by atoms with Crippen molar-refractivity contribution in [2.75, 3.05) is 20.3 Å². The third-order valence-electron chi connectivity index (χ3n) is 3.86. The van der Waals surface area contributed by atoms with E-state index in [1.807, 2.05) is 12.4 Å². The van der Waals surface area contributed by atoms with Gasteiger partial charge >= 0.3 is 0 Å². The second kappa shape index (κ2) is 6.66. The zero-order chi connectivity index (χ0) is 14.7. The van der Waals surface area contributed by atoms with Crippen molar-refractivity contribution in [3.05, 3.63) is 41.0 Å². The fourth-order valence-electron chi connectivity index (χ4n) is 2.56. The number of methoxy groups -OCH3 is 1. The molecule has 1 aliphatic rings. The molecule has 1 aromatic heterocycles. The second-order valence-electron chi connectivity index (χ2n) is 5.26. The van der Waals surface area contributed by atoms with Gasteiger partial charge in [-0.05, 0) is 18.1 Å². The molecule has 0 spiro atoms. The molecule has 3 rings (SSSR count). The van der Waals surface area contributed by atoms with Crippen molar-refractivity contribution in [1.82, 2.24) is 10.3 Å². The summed E-state index contributed by atoms with van der Waals surface area (Å²) in [6.45, 7) is 4.27. The quantitative estimate of drug-likeness (QED) is 0.922. The average molecular weight is 304 g/mol. The highest BCUT2D eigenvalue weighted by molar-refractivity contribution is 7.13. The Morgan fingerprint density at radius 2 is 2.14 bits per heavy atom. The van der Waals surface area contributed by atoms with E-state index in [2.05, 4.69) is 34.6 Å². The normalized spacial score (nSPS) is 21.8. The smallest absolute Gasteiger partial charge is 0.0979 e. The largest absolute Gasteiger partial charge is 0.377 e. The molecule has 0 amide bonds. The second-order valence-corrected chi connectivity index (χ2v) is 6.12. The molecule has 0 aliphatic carbocycles. The van der Waals surface area contributed by atoms with Crippen LogP contribution < -0.4 is 5.32 Å². The van der Waals surface area contributed by atoms with Gasteiger partial charge in [-0.15, -0.1) is 11.3 Å². The molecule has 2 atom stereocenters. The van der Waals surface area contributed by atoms with Gasteiger partial charge in [0.05, 0.1) is 41.4 Å². The summed E-state index contributed by atoms with van der Waals surface area (Å²) < 4.78 is 10.8. The molecule has 1 N–H and O–H groups in total. The van der Waals surface area contributed by atoms with Crippen LogP contribution in [0.15, 0.2) is 29.8 Å². The lowest BCUT2D eigenvalue weighted by Gasteiger charge is -2.17. The maximum absolute atomic E-state index is 5.44. The molecule has 21 heavy (non-hydrogen) atoms. The SMILES string of the molecule is CO[C@@H]1COC[C@@H]1NCc1ccc(-c2scnc2C)cc1. The predicted molar refractivity (Wildman–Crippen MR) is 84.5 cm³/mol. The molecule has 1 fully saturated rings. The molecule has 2 aromatic rings. The van der Waals surface area contributed by atoms with Crippen molar-refractivity contribution in [3.63, 3.8) is 0 Å². The van der Waals surface area contributed by atoms with Crippen molar-refractivity contribution >= 4 is 11.3 Å². The first kappa shape index (κ1) is 14.7. The van der Waals surface area contributed by atoms with E-state index >= 15 is 0 Å². The highest BCUT2D eigenvalue weighted by Crippen LogP contribution is 2.27. The maximum Gasteiger partial charge on any atom is 0.0979 e. The third-order valence-corrected chi connectivity index (χ3v) is 4.84. The number of benzene rings is 1. The Kier molecular flexibility index (Phi) is 4.65. The Labute approximate surface area is 129 Å². The summed E-state index contributed by atoms with van der Waals surface area (Å²) in [4.78, 5) is 5.55. The molecule has 0 radical (unpaired) electrons. The van der Waals surface area contributed by atoms with Crippen LogP contribution >= 0.6 is 11.3 Å². The van der Waals surface area contributed by atoms with E-state index in [1.165, 1.54) is 16.0 Å². The van der Waals surface area contributed by atoms with E-state index in [0.717, 1.165) is 18.8 Å². The van der Waals surface area contributed by atoms with Gasteiger partial charge in [-0.2, -0.15) is 0 Å². The number of thiazole rings is 1. The molecule has 1 aromatic carbocycles. The molecule has 0 saturated carbocycles. The summed E-state index contributed by atoms with van der Waals surface area (Å²) in [5.74, 6) is 0. The fourth-order valence-corrected chi connectivity index (χ4v) is 3.37. The summed E-state index contributed by atoms with van der Waals surface area (Å²) in [5.41, 5.74) is 5.49. The summed E-state index contributed by atoms with van der Waals surface area (Å²) in [6.07, 6.45) is 0.157. The Bertz CT molecular complexity index is 582. The van der Waals surface area contributed by atoms with E-state index in [1.54, 1.807) is 18.4 Å². The minimum absolute atomic E-state index is 0.157. The molecule has 1 aliphatic heterocycles. The first-order chi connectivity index (χ1) is 10.3. The molecule has 0 unspecified atom stereocenters. The van der Waals surface area contributed by atoms with Gasteiger partial charge in [-0.3, -0.25) is 0 Å². The number of aryl methyl sites for hydroxylation is 1. The van der Waals surface area contributed by atoms with Gasteiger partial charge in [0.2, 0.25) is 0 Å². The Morgan fingerprint density at radius 1 is 1.33 bits per heavy atom. The lowest BCUT2D eigenvalue weighted by atomic mass is 10.1. The van der Waals surface area contributed by atoms with Gasteiger partial charge in [0.1, 0.15) is 0 Å². The maximum atomic E-state index is 5.44. The van der Waals surface area contributed by atoms with Crippen LogP contribution in [-0.2, 0) is 16.0 Å². The van der Waals surface area contributed by atoms with Crippen LogP contribution in [0, 0.1) is 6.92 Å². The molecule has 4 nitrogen and oxygen atoms in total. The highest BCUT2D eigenvalue weighted by Gasteiger charge is 2.27. The van der Waals surface area contributed by atoms with Gasteiger partial charge in [0.25, 0.3) is 0 Å². The van der Waals surface area contributed by atoms with Crippen LogP contribution in [0.4, 0.5) is 0 Å². The van der Waals surface area contributed by atoms with Gasteiger partial charge in [0.15, 0.2) is 0 Å². The summed E-state index contributed by atoms with van der Waals surface area (Å²) in [6, 6.07) is 8.93. The molecule has 2 heterocycles. The molecule has 5 heteroatoms. The van der Waals surface area contributed by atoms with Crippen molar-refractivity contribution < 1.29 is 9.47 Å². The number of aromatic nitrogens is 1. The third kappa shape index (κ3) is 3.32.